The van der Waals surface area contributed by atoms with Crippen LogP contribution in [0, 0.1) is 0 Å². The Kier molecular flexibility index (Phi) is 5.38. The number of rotatable bonds is 5. The fourth-order valence-corrected chi connectivity index (χ4v) is 3.24. The Morgan fingerprint density at radius 1 is 1.29 bits per heavy atom. The zero-order valence-corrected chi connectivity index (χ0v) is 13.6. The van der Waals surface area contributed by atoms with E-state index in [4.69, 9.17) is 0 Å². The van der Waals surface area contributed by atoms with Crippen molar-refractivity contribution >= 4 is 11.8 Å². The number of urea groups is 1. The van der Waals surface area contributed by atoms with Gasteiger partial charge in [0.2, 0.25) is 0 Å². The highest BCUT2D eigenvalue weighted by Gasteiger charge is 2.29. The van der Waals surface area contributed by atoms with Crippen molar-refractivity contribution in [1.29, 1.82) is 0 Å². The van der Waals surface area contributed by atoms with E-state index in [0.29, 0.717) is 18.8 Å². The van der Waals surface area contributed by atoms with Gasteiger partial charge in [-0.3, -0.25) is 5.32 Å². The molecular weight excluding hydrogens is 304 g/mol. The first-order valence-electron chi connectivity index (χ1n) is 8.33. The fourth-order valence-electron chi connectivity index (χ4n) is 3.24. The molecule has 2 amide bonds. The molecule has 0 bridgehead atoms. The molecule has 1 heterocycles. The fraction of sp³-hybridized carbons (Fsp3) is 0.389. The molecule has 1 aromatic carbocycles. The van der Waals surface area contributed by atoms with Crippen molar-refractivity contribution < 1.29 is 9.90 Å². The number of nitrogens with one attached hydrogen (secondary N) is 1. The third-order valence-corrected chi connectivity index (χ3v) is 4.34. The molecule has 126 valence electrons. The van der Waals surface area contributed by atoms with E-state index in [0.717, 1.165) is 19.3 Å². The molecule has 1 aliphatic rings. The molecule has 2 aromatic rings. The summed E-state index contributed by atoms with van der Waals surface area (Å²) >= 11 is 0. The zero-order valence-electron chi connectivity index (χ0n) is 13.6. The molecule has 1 unspecified atom stereocenters. The zero-order chi connectivity index (χ0) is 16.8. The molecule has 6 heteroatoms. The first-order valence-corrected chi connectivity index (χ1v) is 8.33. The lowest BCUT2D eigenvalue weighted by Crippen LogP contribution is -2.40. The van der Waals surface area contributed by atoms with Gasteiger partial charge in [0, 0.05) is 19.3 Å². The van der Waals surface area contributed by atoms with E-state index in [1.165, 1.54) is 11.1 Å². The van der Waals surface area contributed by atoms with Gasteiger partial charge in [0.25, 0.3) is 0 Å². The van der Waals surface area contributed by atoms with E-state index in [1.54, 1.807) is 18.3 Å². The normalized spacial score (nSPS) is 16.3. The Morgan fingerprint density at radius 2 is 2.17 bits per heavy atom. The predicted octanol–water partition coefficient (Wildman–Crippen LogP) is 2.77. The number of aliphatic hydroxyl groups excluding tert-OH is 1. The van der Waals surface area contributed by atoms with Gasteiger partial charge in [-0.1, -0.05) is 24.3 Å². The number of aryl methyl sites for hydroxylation is 1. The van der Waals surface area contributed by atoms with Crippen LogP contribution in [0.3, 0.4) is 0 Å². The molecular formula is C18H22N4O2. The largest absolute Gasteiger partial charge is 0.396 e. The number of aliphatic hydroxyl groups is 1. The van der Waals surface area contributed by atoms with E-state index < -0.39 is 0 Å². The second-order valence-electron chi connectivity index (χ2n) is 5.92. The van der Waals surface area contributed by atoms with Gasteiger partial charge >= 0.3 is 6.03 Å². The van der Waals surface area contributed by atoms with Gasteiger partial charge in [0.1, 0.15) is 0 Å². The quantitative estimate of drug-likeness (QED) is 0.885. The van der Waals surface area contributed by atoms with Crippen LogP contribution in [0.15, 0.2) is 42.6 Å². The summed E-state index contributed by atoms with van der Waals surface area (Å²) in [5.41, 5.74) is 2.51. The molecule has 0 saturated heterocycles. The molecule has 1 atom stereocenters. The van der Waals surface area contributed by atoms with Crippen LogP contribution in [0.2, 0.25) is 0 Å². The molecule has 0 fully saturated rings. The van der Waals surface area contributed by atoms with Gasteiger partial charge in [-0.25, -0.2) is 4.79 Å². The smallest absolute Gasteiger partial charge is 0.323 e. The van der Waals surface area contributed by atoms with Crippen molar-refractivity contribution in [2.45, 2.75) is 31.7 Å². The van der Waals surface area contributed by atoms with Crippen LogP contribution in [0.1, 0.15) is 36.4 Å². The van der Waals surface area contributed by atoms with E-state index in [-0.39, 0.29) is 18.7 Å². The number of carbonyl (C=O) groups is 1. The van der Waals surface area contributed by atoms with Gasteiger partial charge < -0.3 is 10.0 Å². The SMILES string of the molecule is O=C(Nc1cccnn1)N(CCCO)C1CCCc2ccccc21. The summed E-state index contributed by atoms with van der Waals surface area (Å²) in [7, 11) is 0. The maximum atomic E-state index is 12.8. The lowest BCUT2D eigenvalue weighted by molar-refractivity contribution is 0.169. The Balaban J connectivity index is 1.83. The van der Waals surface area contributed by atoms with Crippen LogP contribution < -0.4 is 5.32 Å². The van der Waals surface area contributed by atoms with E-state index in [1.807, 2.05) is 17.0 Å². The van der Waals surface area contributed by atoms with Crippen molar-refractivity contribution in [3.05, 3.63) is 53.7 Å². The molecule has 0 spiro atoms. The minimum absolute atomic E-state index is 0.0261. The number of hydrogen-bond acceptors (Lipinski definition) is 4. The van der Waals surface area contributed by atoms with Crippen molar-refractivity contribution in [3.63, 3.8) is 0 Å². The van der Waals surface area contributed by atoms with Crippen LogP contribution >= 0.6 is 0 Å². The van der Waals surface area contributed by atoms with Gasteiger partial charge in [0.15, 0.2) is 5.82 Å². The maximum absolute atomic E-state index is 12.8. The molecule has 0 radical (unpaired) electrons. The highest BCUT2D eigenvalue weighted by atomic mass is 16.3. The number of amides is 2. The van der Waals surface area contributed by atoms with E-state index in [2.05, 4.69) is 27.6 Å². The van der Waals surface area contributed by atoms with Crippen molar-refractivity contribution in [1.82, 2.24) is 15.1 Å². The number of fused-ring (bicyclic) bond motifs is 1. The standard InChI is InChI=1S/C18H22N4O2/c23-13-5-12-22(18(24)20-17-10-4-11-19-21-17)16-9-3-7-14-6-1-2-8-15(14)16/h1-2,4,6,8,10-11,16,23H,3,5,7,9,12-13H2,(H,20,21,24). The van der Waals surface area contributed by atoms with Crippen molar-refractivity contribution in [2.75, 3.05) is 18.5 Å². The number of carbonyl (C=O) groups excluding carboxylic acids is 1. The third-order valence-electron chi connectivity index (χ3n) is 4.34. The minimum Gasteiger partial charge on any atom is -0.396 e. The molecule has 2 N–H and O–H groups in total. The Hall–Kier alpha value is -2.47. The lowest BCUT2D eigenvalue weighted by Gasteiger charge is -2.35. The predicted molar refractivity (Wildman–Crippen MR) is 91.6 cm³/mol. The van der Waals surface area contributed by atoms with Crippen LogP contribution in [0.4, 0.5) is 10.6 Å². The van der Waals surface area contributed by atoms with Crippen LogP contribution in [0.25, 0.3) is 0 Å². The van der Waals surface area contributed by atoms with Crippen LogP contribution in [0.5, 0.6) is 0 Å². The number of hydrogen-bond donors (Lipinski definition) is 2. The summed E-state index contributed by atoms with van der Waals surface area (Å²) in [5.74, 6) is 0.431. The van der Waals surface area contributed by atoms with Gasteiger partial charge in [-0.15, -0.1) is 5.10 Å². The second kappa shape index (κ2) is 7.88. The molecule has 0 saturated carbocycles. The second-order valence-corrected chi connectivity index (χ2v) is 5.92. The average molecular weight is 326 g/mol. The molecule has 6 nitrogen and oxygen atoms in total. The summed E-state index contributed by atoms with van der Waals surface area (Å²) in [5, 5.41) is 19.7. The molecule has 24 heavy (non-hydrogen) atoms. The van der Waals surface area contributed by atoms with Crippen LogP contribution in [-0.4, -0.2) is 39.4 Å². The number of benzene rings is 1. The van der Waals surface area contributed by atoms with Gasteiger partial charge in [0.05, 0.1) is 6.04 Å². The molecule has 3 rings (SSSR count). The summed E-state index contributed by atoms with van der Waals surface area (Å²) in [6.45, 7) is 0.560. The van der Waals surface area contributed by atoms with Gasteiger partial charge in [-0.2, -0.15) is 5.10 Å². The summed E-state index contributed by atoms with van der Waals surface area (Å²) in [4.78, 5) is 14.6. The summed E-state index contributed by atoms with van der Waals surface area (Å²) in [6.07, 6.45) is 5.14. The van der Waals surface area contributed by atoms with E-state index >= 15 is 0 Å². The third kappa shape index (κ3) is 3.71. The number of nitrogens with zero attached hydrogens (tertiary/aromatic N) is 3. The molecule has 1 aliphatic carbocycles. The molecule has 1 aromatic heterocycles. The van der Waals surface area contributed by atoms with Crippen molar-refractivity contribution in [2.24, 2.45) is 0 Å². The number of aromatic nitrogens is 2. The molecule has 0 aliphatic heterocycles. The minimum atomic E-state index is -0.203. The topological polar surface area (TPSA) is 78.4 Å². The maximum Gasteiger partial charge on any atom is 0.323 e. The van der Waals surface area contributed by atoms with E-state index in [9.17, 15) is 9.90 Å². The average Bonchev–Trinajstić information content (AvgIpc) is 2.63. The summed E-state index contributed by atoms with van der Waals surface area (Å²) in [6, 6.07) is 11.6. The monoisotopic (exact) mass is 326 g/mol. The Bertz CT molecular complexity index is 678. The van der Waals surface area contributed by atoms with Gasteiger partial charge in [-0.05, 0) is 48.9 Å². The van der Waals surface area contributed by atoms with Crippen LogP contribution in [-0.2, 0) is 6.42 Å². The first-order chi connectivity index (χ1) is 11.8. The Labute approximate surface area is 141 Å². The highest BCUT2D eigenvalue weighted by Crippen LogP contribution is 2.34. The van der Waals surface area contributed by atoms with Crippen molar-refractivity contribution in [3.8, 4) is 0 Å². The Morgan fingerprint density at radius 3 is 2.96 bits per heavy atom. The summed E-state index contributed by atoms with van der Waals surface area (Å²) < 4.78 is 0. The number of anilines is 1. The lowest BCUT2D eigenvalue weighted by atomic mass is 9.87. The highest BCUT2D eigenvalue weighted by molar-refractivity contribution is 5.88. The first kappa shape index (κ1) is 16.4.